The highest BCUT2D eigenvalue weighted by Crippen LogP contribution is 2.28. The zero-order chi connectivity index (χ0) is 8.97. The van der Waals surface area contributed by atoms with Crippen molar-refractivity contribution in [1.29, 1.82) is 0 Å². The second-order valence-corrected chi connectivity index (χ2v) is 5.73. The number of thioether (sulfide) groups is 1. The van der Waals surface area contributed by atoms with Crippen molar-refractivity contribution in [3.63, 3.8) is 0 Å². The highest BCUT2D eigenvalue weighted by atomic mass is 79.9. The minimum absolute atomic E-state index is 0.422. The Morgan fingerprint density at radius 1 is 1.58 bits per heavy atom. The molecule has 0 radical (unpaired) electrons. The molecule has 66 valence electrons. The fourth-order valence-corrected chi connectivity index (χ4v) is 2.22. The third-order valence-corrected chi connectivity index (χ3v) is 2.71. The molecule has 1 aromatic carbocycles. The molecular formula is C8H11BrN2S. The van der Waals surface area contributed by atoms with Crippen LogP contribution in [0.4, 0.5) is 5.69 Å². The summed E-state index contributed by atoms with van der Waals surface area (Å²) in [6, 6.07) is 7.99. The molecule has 1 atom stereocenters. The predicted octanol–water partition coefficient (Wildman–Crippen LogP) is 2.81. The van der Waals surface area contributed by atoms with E-state index in [2.05, 4.69) is 34.3 Å². The number of hydrogen-bond donors (Lipinski definition) is 2. The summed E-state index contributed by atoms with van der Waals surface area (Å²) in [6.07, 6.45) is 0. The number of anilines is 1. The molecule has 0 fully saturated rings. The normalized spacial score (nSPS) is 12.6. The quantitative estimate of drug-likeness (QED) is 0.373. The zero-order valence-corrected chi connectivity index (χ0v) is 9.15. The number of alkyl halides is 1. The van der Waals surface area contributed by atoms with Gasteiger partial charge in [0, 0.05) is 10.6 Å². The first kappa shape index (κ1) is 9.89. The van der Waals surface area contributed by atoms with Gasteiger partial charge in [-0.05, 0) is 25.1 Å². The van der Waals surface area contributed by atoms with Gasteiger partial charge in [0.1, 0.15) is 0 Å². The predicted molar refractivity (Wildman–Crippen MR) is 58.5 cm³/mol. The molecular weight excluding hydrogens is 236 g/mol. The molecule has 0 amide bonds. The summed E-state index contributed by atoms with van der Waals surface area (Å²) in [5, 5.41) is 0. The van der Waals surface area contributed by atoms with Crippen LogP contribution in [0, 0.1) is 0 Å². The third kappa shape index (κ3) is 3.05. The van der Waals surface area contributed by atoms with Gasteiger partial charge in [-0.3, -0.25) is 5.84 Å². The third-order valence-electron chi connectivity index (χ3n) is 1.30. The van der Waals surface area contributed by atoms with Gasteiger partial charge in [-0.25, -0.2) is 0 Å². The Hall–Kier alpha value is -0.190. The van der Waals surface area contributed by atoms with Gasteiger partial charge in [-0.15, -0.1) is 11.8 Å². The molecule has 12 heavy (non-hydrogen) atoms. The van der Waals surface area contributed by atoms with E-state index in [1.54, 1.807) is 11.8 Å². The lowest BCUT2D eigenvalue weighted by molar-refractivity contribution is 1.31. The molecule has 0 aliphatic rings. The van der Waals surface area contributed by atoms with Crippen LogP contribution in [-0.2, 0) is 0 Å². The van der Waals surface area contributed by atoms with Gasteiger partial charge >= 0.3 is 0 Å². The maximum atomic E-state index is 5.28. The van der Waals surface area contributed by atoms with Crippen LogP contribution in [0.2, 0.25) is 0 Å². The highest BCUT2D eigenvalue weighted by molar-refractivity contribution is 9.11. The van der Waals surface area contributed by atoms with Crippen molar-refractivity contribution >= 4 is 33.4 Å². The van der Waals surface area contributed by atoms with Gasteiger partial charge in [-0.1, -0.05) is 22.0 Å². The molecule has 2 nitrogen and oxygen atoms in total. The largest absolute Gasteiger partial charge is 0.324 e. The van der Waals surface area contributed by atoms with E-state index in [0.29, 0.717) is 4.16 Å². The monoisotopic (exact) mass is 246 g/mol. The first-order valence-corrected chi connectivity index (χ1v) is 5.39. The lowest BCUT2D eigenvalue weighted by Gasteiger charge is -2.05. The maximum Gasteiger partial charge on any atom is 0.0619 e. The standard InChI is InChI=1S/C8H11BrN2S/c1-6(9)12-8-4-2-3-7(5-8)11-10/h2-6,11H,10H2,1H3. The number of nitrogens with two attached hydrogens (primary N) is 1. The van der Waals surface area contributed by atoms with Crippen LogP contribution in [0.1, 0.15) is 6.92 Å². The summed E-state index contributed by atoms with van der Waals surface area (Å²) in [5.41, 5.74) is 3.55. The van der Waals surface area contributed by atoms with Crippen molar-refractivity contribution in [2.45, 2.75) is 16.0 Å². The van der Waals surface area contributed by atoms with Gasteiger partial charge in [-0.2, -0.15) is 0 Å². The Labute approximate surface area is 85.0 Å². The summed E-state index contributed by atoms with van der Waals surface area (Å²) in [4.78, 5) is 1.20. The van der Waals surface area contributed by atoms with Crippen molar-refractivity contribution in [2.24, 2.45) is 5.84 Å². The van der Waals surface area contributed by atoms with E-state index in [1.807, 2.05) is 18.2 Å². The molecule has 0 aliphatic heterocycles. The first-order valence-electron chi connectivity index (χ1n) is 3.60. The van der Waals surface area contributed by atoms with Crippen LogP contribution in [0.3, 0.4) is 0 Å². The molecule has 1 aromatic rings. The number of nitrogens with one attached hydrogen (secondary N) is 1. The van der Waals surface area contributed by atoms with Crippen molar-refractivity contribution in [3.8, 4) is 0 Å². The molecule has 0 aromatic heterocycles. The Morgan fingerprint density at radius 2 is 2.33 bits per heavy atom. The fraction of sp³-hybridized carbons (Fsp3) is 0.250. The second-order valence-electron chi connectivity index (χ2n) is 2.33. The van der Waals surface area contributed by atoms with Crippen LogP contribution < -0.4 is 11.3 Å². The molecule has 0 aliphatic carbocycles. The lowest BCUT2D eigenvalue weighted by Crippen LogP contribution is -2.06. The number of nitrogen functional groups attached to an aromatic ring is 1. The van der Waals surface area contributed by atoms with E-state index < -0.39 is 0 Å². The van der Waals surface area contributed by atoms with Gasteiger partial charge in [0.05, 0.1) is 4.16 Å². The average Bonchev–Trinajstić information content (AvgIpc) is 2.03. The van der Waals surface area contributed by atoms with E-state index in [9.17, 15) is 0 Å². The molecule has 0 spiro atoms. The molecule has 0 heterocycles. The Morgan fingerprint density at radius 3 is 2.92 bits per heavy atom. The maximum absolute atomic E-state index is 5.28. The second kappa shape index (κ2) is 4.74. The van der Waals surface area contributed by atoms with Gasteiger partial charge in [0.2, 0.25) is 0 Å². The Kier molecular flexibility index (Phi) is 3.91. The molecule has 0 saturated carbocycles. The summed E-state index contributed by atoms with van der Waals surface area (Å²) < 4.78 is 0.422. The van der Waals surface area contributed by atoms with E-state index in [0.717, 1.165) is 5.69 Å². The number of halogens is 1. The van der Waals surface area contributed by atoms with Crippen molar-refractivity contribution in [2.75, 3.05) is 5.43 Å². The Balaban J connectivity index is 2.72. The van der Waals surface area contributed by atoms with Crippen LogP contribution in [0.15, 0.2) is 29.2 Å². The number of hydrogen-bond acceptors (Lipinski definition) is 3. The number of benzene rings is 1. The molecule has 0 saturated heterocycles. The van der Waals surface area contributed by atoms with E-state index in [-0.39, 0.29) is 0 Å². The molecule has 1 rings (SSSR count). The summed E-state index contributed by atoms with van der Waals surface area (Å²) in [6.45, 7) is 2.09. The van der Waals surface area contributed by atoms with Crippen molar-refractivity contribution in [1.82, 2.24) is 0 Å². The minimum Gasteiger partial charge on any atom is -0.324 e. The molecule has 3 N–H and O–H groups in total. The SMILES string of the molecule is CC(Br)Sc1cccc(NN)c1. The highest BCUT2D eigenvalue weighted by Gasteiger charge is 1.99. The molecule has 4 heteroatoms. The van der Waals surface area contributed by atoms with E-state index in [1.165, 1.54) is 4.90 Å². The summed E-state index contributed by atoms with van der Waals surface area (Å²) >= 11 is 5.22. The molecule has 0 bridgehead atoms. The van der Waals surface area contributed by atoms with Crippen LogP contribution >= 0.6 is 27.7 Å². The zero-order valence-electron chi connectivity index (χ0n) is 6.75. The summed E-state index contributed by atoms with van der Waals surface area (Å²) in [7, 11) is 0. The van der Waals surface area contributed by atoms with Crippen LogP contribution in [0.5, 0.6) is 0 Å². The smallest absolute Gasteiger partial charge is 0.0619 e. The van der Waals surface area contributed by atoms with E-state index >= 15 is 0 Å². The number of hydrazine groups is 1. The first-order chi connectivity index (χ1) is 5.72. The lowest BCUT2D eigenvalue weighted by atomic mass is 10.3. The van der Waals surface area contributed by atoms with Gasteiger partial charge in [0.15, 0.2) is 0 Å². The van der Waals surface area contributed by atoms with Crippen LogP contribution in [-0.4, -0.2) is 4.16 Å². The minimum atomic E-state index is 0.422. The average molecular weight is 247 g/mol. The van der Waals surface area contributed by atoms with E-state index in [4.69, 9.17) is 5.84 Å². The van der Waals surface area contributed by atoms with Crippen LogP contribution in [0.25, 0.3) is 0 Å². The van der Waals surface area contributed by atoms with Gasteiger partial charge < -0.3 is 5.43 Å². The number of rotatable bonds is 3. The molecule has 1 unspecified atom stereocenters. The topological polar surface area (TPSA) is 38.0 Å². The fourth-order valence-electron chi connectivity index (χ4n) is 0.847. The summed E-state index contributed by atoms with van der Waals surface area (Å²) in [5.74, 6) is 5.28. The Bertz CT molecular complexity index is 253. The van der Waals surface area contributed by atoms with Crippen molar-refractivity contribution in [3.05, 3.63) is 24.3 Å². The van der Waals surface area contributed by atoms with Gasteiger partial charge in [0.25, 0.3) is 0 Å². The van der Waals surface area contributed by atoms with Crippen molar-refractivity contribution < 1.29 is 0 Å².